The first-order valence-corrected chi connectivity index (χ1v) is 6.75. The van der Waals surface area contributed by atoms with Crippen LogP contribution in [0, 0.1) is 0 Å². The van der Waals surface area contributed by atoms with Crippen molar-refractivity contribution in [1.82, 2.24) is 4.98 Å². The Morgan fingerprint density at radius 3 is 2.45 bits per heavy atom. The standard InChI is InChI=1S/C16H9Cl2NO/c17-13-8-14(18)15(19-9-13)16(20)12-6-5-10-3-1-2-4-11(10)7-12/h1-9H. The van der Waals surface area contributed by atoms with Crippen molar-refractivity contribution in [2.75, 3.05) is 0 Å². The topological polar surface area (TPSA) is 30.0 Å². The smallest absolute Gasteiger partial charge is 0.212 e. The molecule has 20 heavy (non-hydrogen) atoms. The molecule has 4 heteroatoms. The van der Waals surface area contributed by atoms with Crippen molar-refractivity contribution in [3.05, 3.63) is 76.0 Å². The largest absolute Gasteiger partial charge is 0.287 e. The number of carbonyl (C=O) groups is 1. The van der Waals surface area contributed by atoms with Gasteiger partial charge in [-0.15, -0.1) is 0 Å². The van der Waals surface area contributed by atoms with Crippen molar-refractivity contribution in [3.8, 4) is 0 Å². The molecule has 0 bridgehead atoms. The van der Waals surface area contributed by atoms with Crippen LogP contribution in [0.5, 0.6) is 0 Å². The van der Waals surface area contributed by atoms with E-state index in [1.54, 1.807) is 6.07 Å². The van der Waals surface area contributed by atoms with Gasteiger partial charge in [0.15, 0.2) is 0 Å². The molecule has 1 aromatic heterocycles. The number of nitrogens with zero attached hydrogens (tertiary/aromatic N) is 1. The lowest BCUT2D eigenvalue weighted by Crippen LogP contribution is -2.04. The van der Waals surface area contributed by atoms with Gasteiger partial charge in [-0.1, -0.05) is 59.6 Å². The molecule has 0 N–H and O–H groups in total. The Balaban J connectivity index is 2.08. The third-order valence-electron chi connectivity index (χ3n) is 3.03. The summed E-state index contributed by atoms with van der Waals surface area (Å²) < 4.78 is 0. The number of hydrogen-bond donors (Lipinski definition) is 0. The summed E-state index contributed by atoms with van der Waals surface area (Å²) in [4.78, 5) is 16.5. The molecule has 2 aromatic carbocycles. The van der Waals surface area contributed by atoms with Crippen LogP contribution in [-0.2, 0) is 0 Å². The van der Waals surface area contributed by atoms with E-state index in [2.05, 4.69) is 4.98 Å². The van der Waals surface area contributed by atoms with Gasteiger partial charge in [0.1, 0.15) is 5.69 Å². The fourth-order valence-electron chi connectivity index (χ4n) is 2.05. The fourth-order valence-corrected chi connectivity index (χ4v) is 2.51. The maximum Gasteiger partial charge on any atom is 0.212 e. The Bertz CT molecular complexity index is 814. The van der Waals surface area contributed by atoms with Crippen molar-refractivity contribution in [3.63, 3.8) is 0 Å². The molecule has 0 spiro atoms. The number of hydrogen-bond acceptors (Lipinski definition) is 2. The van der Waals surface area contributed by atoms with E-state index in [-0.39, 0.29) is 16.5 Å². The van der Waals surface area contributed by atoms with Crippen LogP contribution in [0.15, 0.2) is 54.7 Å². The predicted octanol–water partition coefficient (Wildman–Crippen LogP) is 4.77. The minimum absolute atomic E-state index is 0.211. The highest BCUT2D eigenvalue weighted by atomic mass is 35.5. The zero-order valence-corrected chi connectivity index (χ0v) is 11.8. The Kier molecular flexibility index (Phi) is 3.43. The molecule has 2 nitrogen and oxygen atoms in total. The molecule has 0 saturated carbocycles. The highest BCUT2D eigenvalue weighted by Crippen LogP contribution is 2.23. The van der Waals surface area contributed by atoms with E-state index in [0.29, 0.717) is 10.6 Å². The monoisotopic (exact) mass is 301 g/mol. The molecule has 0 saturated heterocycles. The average molecular weight is 302 g/mol. The predicted molar refractivity (Wildman–Crippen MR) is 81.6 cm³/mol. The summed E-state index contributed by atoms with van der Waals surface area (Å²) in [6.07, 6.45) is 1.42. The molecule has 0 aliphatic rings. The van der Waals surface area contributed by atoms with Gasteiger partial charge in [0.05, 0.1) is 10.0 Å². The molecule has 98 valence electrons. The highest BCUT2D eigenvalue weighted by molar-refractivity contribution is 6.37. The zero-order valence-electron chi connectivity index (χ0n) is 10.3. The average Bonchev–Trinajstić information content (AvgIpc) is 2.46. The number of rotatable bonds is 2. The van der Waals surface area contributed by atoms with Crippen LogP contribution in [0.1, 0.15) is 16.1 Å². The fraction of sp³-hybridized carbons (Fsp3) is 0. The van der Waals surface area contributed by atoms with Crippen LogP contribution in [0.25, 0.3) is 10.8 Å². The number of benzene rings is 2. The lowest BCUT2D eigenvalue weighted by atomic mass is 10.0. The molecule has 0 aliphatic carbocycles. The lowest BCUT2D eigenvalue weighted by Gasteiger charge is -2.05. The maximum absolute atomic E-state index is 12.4. The Morgan fingerprint density at radius 2 is 1.70 bits per heavy atom. The zero-order chi connectivity index (χ0) is 14.1. The summed E-state index contributed by atoms with van der Waals surface area (Å²) in [5, 5.41) is 2.75. The van der Waals surface area contributed by atoms with Gasteiger partial charge in [0.2, 0.25) is 5.78 Å². The molecule has 0 atom stereocenters. The van der Waals surface area contributed by atoms with Crippen LogP contribution in [-0.4, -0.2) is 10.8 Å². The second-order valence-electron chi connectivity index (χ2n) is 4.38. The molecule has 0 unspecified atom stereocenters. The lowest BCUT2D eigenvalue weighted by molar-refractivity contribution is 0.103. The molecule has 0 fully saturated rings. The number of ketones is 1. The molecule has 0 radical (unpaired) electrons. The van der Waals surface area contributed by atoms with E-state index in [4.69, 9.17) is 23.2 Å². The molecule has 0 amide bonds. The van der Waals surface area contributed by atoms with Gasteiger partial charge in [-0.25, -0.2) is 4.98 Å². The summed E-state index contributed by atoms with van der Waals surface area (Å²) in [5.41, 5.74) is 0.770. The second-order valence-corrected chi connectivity index (χ2v) is 5.22. The first-order valence-electron chi connectivity index (χ1n) is 6.00. The van der Waals surface area contributed by atoms with Gasteiger partial charge in [0.25, 0.3) is 0 Å². The van der Waals surface area contributed by atoms with E-state index < -0.39 is 0 Å². The van der Waals surface area contributed by atoms with Crippen molar-refractivity contribution < 1.29 is 4.79 Å². The van der Waals surface area contributed by atoms with Gasteiger partial charge in [-0.3, -0.25) is 4.79 Å². The summed E-state index contributed by atoms with van der Waals surface area (Å²) >= 11 is 11.8. The Hall–Kier alpha value is -1.90. The minimum Gasteiger partial charge on any atom is -0.287 e. The van der Waals surface area contributed by atoms with Gasteiger partial charge in [-0.2, -0.15) is 0 Å². The van der Waals surface area contributed by atoms with Crippen molar-refractivity contribution in [1.29, 1.82) is 0 Å². The number of pyridine rings is 1. The van der Waals surface area contributed by atoms with Crippen molar-refractivity contribution in [2.24, 2.45) is 0 Å². The summed E-state index contributed by atoms with van der Waals surface area (Å²) in [6.45, 7) is 0. The van der Waals surface area contributed by atoms with Gasteiger partial charge >= 0.3 is 0 Å². The third-order valence-corrected chi connectivity index (χ3v) is 3.53. The van der Waals surface area contributed by atoms with Crippen LogP contribution in [0.2, 0.25) is 10.0 Å². The maximum atomic E-state index is 12.4. The third kappa shape index (κ3) is 2.40. The molecule has 0 aliphatic heterocycles. The van der Waals surface area contributed by atoms with Gasteiger partial charge in [-0.05, 0) is 22.9 Å². The van der Waals surface area contributed by atoms with Crippen molar-refractivity contribution >= 4 is 39.8 Å². The van der Waals surface area contributed by atoms with Crippen LogP contribution in [0.4, 0.5) is 0 Å². The highest BCUT2D eigenvalue weighted by Gasteiger charge is 2.15. The molecular formula is C16H9Cl2NO. The van der Waals surface area contributed by atoms with Crippen LogP contribution >= 0.6 is 23.2 Å². The Labute approximate surface area is 126 Å². The molecule has 1 heterocycles. The number of fused-ring (bicyclic) bond motifs is 1. The van der Waals surface area contributed by atoms with Crippen LogP contribution in [0.3, 0.4) is 0 Å². The van der Waals surface area contributed by atoms with E-state index >= 15 is 0 Å². The summed E-state index contributed by atoms with van der Waals surface area (Å²) in [6, 6.07) is 14.9. The first kappa shape index (κ1) is 13.1. The second kappa shape index (κ2) is 5.23. The minimum atomic E-state index is -0.211. The van der Waals surface area contributed by atoms with E-state index in [1.165, 1.54) is 12.3 Å². The quantitative estimate of drug-likeness (QED) is 0.638. The van der Waals surface area contributed by atoms with Gasteiger partial charge < -0.3 is 0 Å². The normalized spacial score (nSPS) is 10.7. The van der Waals surface area contributed by atoms with Gasteiger partial charge in [0, 0.05) is 11.8 Å². The molecule has 3 rings (SSSR count). The SMILES string of the molecule is O=C(c1ccc2ccccc2c1)c1ncc(Cl)cc1Cl. The Morgan fingerprint density at radius 1 is 0.950 bits per heavy atom. The summed E-state index contributed by atoms with van der Waals surface area (Å²) in [5.74, 6) is -0.211. The van der Waals surface area contributed by atoms with E-state index in [9.17, 15) is 4.79 Å². The van der Waals surface area contributed by atoms with E-state index in [0.717, 1.165) is 10.8 Å². The number of halogens is 2. The van der Waals surface area contributed by atoms with E-state index in [1.807, 2.05) is 36.4 Å². The first-order chi connectivity index (χ1) is 9.65. The molecular weight excluding hydrogens is 293 g/mol. The number of carbonyl (C=O) groups excluding carboxylic acids is 1. The number of aromatic nitrogens is 1. The van der Waals surface area contributed by atoms with Crippen LogP contribution < -0.4 is 0 Å². The summed E-state index contributed by atoms with van der Waals surface area (Å²) in [7, 11) is 0. The van der Waals surface area contributed by atoms with Crippen molar-refractivity contribution in [2.45, 2.75) is 0 Å². The molecule has 3 aromatic rings.